The highest BCUT2D eigenvalue weighted by atomic mass is 79.9. The Hall–Kier alpha value is -0.610. The number of piperazine rings is 1. The Bertz CT molecular complexity index is 452. The molecule has 1 fully saturated rings. The molecule has 2 atom stereocenters. The molecular weight excluding hydrogens is 307 g/mol. The largest absolute Gasteiger partial charge is 0.364 e. The topological polar surface area (TPSA) is 15.3 Å². The van der Waals surface area contributed by atoms with Crippen molar-refractivity contribution in [1.82, 2.24) is 5.32 Å². The summed E-state index contributed by atoms with van der Waals surface area (Å²) in [5, 5.41) is 3.63. The molecule has 1 aromatic rings. The third-order valence-corrected chi connectivity index (χ3v) is 4.86. The lowest BCUT2D eigenvalue weighted by atomic mass is 9.92. The molecule has 0 saturated carbocycles. The molecule has 1 N–H and O–H groups in total. The highest BCUT2D eigenvalue weighted by Gasteiger charge is 2.34. The van der Waals surface area contributed by atoms with E-state index < -0.39 is 0 Å². The van der Waals surface area contributed by atoms with Gasteiger partial charge >= 0.3 is 0 Å². The Labute approximate surface area is 123 Å². The second-order valence-corrected chi connectivity index (χ2v) is 6.44. The summed E-state index contributed by atoms with van der Waals surface area (Å²) in [4.78, 5) is 2.34. The number of benzene rings is 1. The quantitative estimate of drug-likeness (QED) is 0.903. The molecule has 0 aromatic heterocycles. The average molecular weight is 329 g/mol. The molecule has 2 nitrogen and oxygen atoms in total. The van der Waals surface area contributed by atoms with Crippen LogP contribution in [0.15, 0.2) is 22.7 Å². The van der Waals surface area contributed by atoms with Crippen molar-refractivity contribution in [1.29, 1.82) is 0 Å². The molecule has 0 aliphatic carbocycles. The third kappa shape index (κ3) is 3.11. The van der Waals surface area contributed by atoms with E-state index in [0.717, 1.165) is 36.1 Å². The van der Waals surface area contributed by atoms with Gasteiger partial charge in [0.2, 0.25) is 0 Å². The van der Waals surface area contributed by atoms with E-state index in [1.807, 2.05) is 0 Å². The van der Waals surface area contributed by atoms with Gasteiger partial charge in [-0.05, 0) is 53.9 Å². The van der Waals surface area contributed by atoms with Crippen LogP contribution in [0.5, 0.6) is 0 Å². The van der Waals surface area contributed by atoms with Crippen LogP contribution in [0.4, 0.5) is 10.1 Å². The van der Waals surface area contributed by atoms with Crippen LogP contribution < -0.4 is 10.2 Å². The van der Waals surface area contributed by atoms with Crippen LogP contribution in [0.25, 0.3) is 0 Å². The van der Waals surface area contributed by atoms with Crippen LogP contribution in [-0.4, -0.2) is 24.7 Å². The van der Waals surface area contributed by atoms with Gasteiger partial charge in [-0.25, -0.2) is 4.39 Å². The third-order valence-electron chi connectivity index (χ3n) is 4.19. The first-order valence-electron chi connectivity index (χ1n) is 6.96. The number of halogens is 2. The predicted octanol–water partition coefficient (Wildman–Crippen LogP) is 3.95. The molecule has 4 heteroatoms. The molecule has 19 heavy (non-hydrogen) atoms. The van der Waals surface area contributed by atoms with Gasteiger partial charge in [-0.15, -0.1) is 0 Å². The van der Waals surface area contributed by atoms with Crippen molar-refractivity contribution in [2.24, 2.45) is 0 Å². The maximum Gasteiger partial charge on any atom is 0.125 e. The Morgan fingerprint density at radius 1 is 1.47 bits per heavy atom. The zero-order valence-electron chi connectivity index (χ0n) is 11.8. The zero-order chi connectivity index (χ0) is 14.0. The Kier molecular flexibility index (Phi) is 4.51. The van der Waals surface area contributed by atoms with E-state index in [2.05, 4.69) is 46.9 Å². The molecule has 0 spiro atoms. The number of nitrogens with one attached hydrogen (secondary N) is 1. The van der Waals surface area contributed by atoms with Gasteiger partial charge in [-0.3, -0.25) is 0 Å². The van der Waals surface area contributed by atoms with E-state index in [4.69, 9.17) is 0 Å². The van der Waals surface area contributed by atoms with Crippen molar-refractivity contribution >= 4 is 21.6 Å². The lowest BCUT2D eigenvalue weighted by Crippen LogP contribution is -2.62. The fourth-order valence-corrected chi connectivity index (χ4v) is 3.10. The fraction of sp³-hybridized carbons (Fsp3) is 0.600. The smallest absolute Gasteiger partial charge is 0.125 e. The van der Waals surface area contributed by atoms with Crippen molar-refractivity contribution in [2.75, 3.05) is 18.0 Å². The van der Waals surface area contributed by atoms with Gasteiger partial charge in [0.15, 0.2) is 0 Å². The summed E-state index contributed by atoms with van der Waals surface area (Å²) in [5.41, 5.74) is 1.06. The fourth-order valence-electron chi connectivity index (χ4n) is 2.62. The maximum atomic E-state index is 13.5. The van der Waals surface area contributed by atoms with Crippen molar-refractivity contribution in [3.05, 3.63) is 28.5 Å². The number of hydrogen-bond acceptors (Lipinski definition) is 2. The Morgan fingerprint density at radius 3 is 2.84 bits per heavy atom. The van der Waals surface area contributed by atoms with Crippen molar-refractivity contribution in [3.63, 3.8) is 0 Å². The summed E-state index contributed by atoms with van der Waals surface area (Å²) in [7, 11) is 0. The first kappa shape index (κ1) is 14.8. The van der Waals surface area contributed by atoms with E-state index in [1.54, 1.807) is 12.1 Å². The number of anilines is 1. The van der Waals surface area contributed by atoms with E-state index in [-0.39, 0.29) is 11.4 Å². The molecule has 1 aromatic carbocycles. The minimum Gasteiger partial charge on any atom is -0.364 e. The summed E-state index contributed by atoms with van der Waals surface area (Å²) in [6, 6.07) is 5.34. The minimum atomic E-state index is -0.176. The number of rotatable bonds is 3. The lowest BCUT2D eigenvalue weighted by Gasteiger charge is -2.47. The standard InChI is InChI=1S/C15H22BrFN2/c1-4-12-9-18-15(3,5-2)10-19(12)14-8-11(17)6-7-13(14)16/h6-8,12,18H,4-5,9-10H2,1-3H3. The van der Waals surface area contributed by atoms with Crippen LogP contribution in [0.2, 0.25) is 0 Å². The summed E-state index contributed by atoms with van der Waals surface area (Å²) in [5.74, 6) is -0.176. The monoisotopic (exact) mass is 328 g/mol. The van der Waals surface area contributed by atoms with E-state index >= 15 is 0 Å². The molecule has 0 radical (unpaired) electrons. The van der Waals surface area contributed by atoms with Gasteiger partial charge in [0.1, 0.15) is 5.82 Å². The molecule has 1 saturated heterocycles. The Balaban J connectivity index is 2.35. The molecule has 2 rings (SSSR count). The van der Waals surface area contributed by atoms with Gasteiger partial charge < -0.3 is 10.2 Å². The Morgan fingerprint density at radius 2 is 2.21 bits per heavy atom. The number of hydrogen-bond donors (Lipinski definition) is 1. The highest BCUT2D eigenvalue weighted by Crippen LogP contribution is 2.32. The molecule has 1 heterocycles. The van der Waals surface area contributed by atoms with E-state index in [0.29, 0.717) is 6.04 Å². The van der Waals surface area contributed by atoms with Crippen molar-refractivity contribution in [3.8, 4) is 0 Å². The van der Waals surface area contributed by atoms with Gasteiger partial charge in [0, 0.05) is 29.1 Å². The lowest BCUT2D eigenvalue weighted by molar-refractivity contribution is 0.276. The summed E-state index contributed by atoms with van der Waals surface area (Å²) in [6.07, 6.45) is 2.11. The van der Waals surface area contributed by atoms with Crippen molar-refractivity contribution < 1.29 is 4.39 Å². The number of nitrogens with zero attached hydrogens (tertiary/aromatic N) is 1. The zero-order valence-corrected chi connectivity index (χ0v) is 13.4. The van der Waals surface area contributed by atoms with Gasteiger partial charge in [0.05, 0.1) is 5.69 Å². The first-order valence-corrected chi connectivity index (χ1v) is 7.75. The van der Waals surface area contributed by atoms with Crippen LogP contribution in [0.3, 0.4) is 0 Å². The average Bonchev–Trinajstić information content (AvgIpc) is 2.41. The highest BCUT2D eigenvalue weighted by molar-refractivity contribution is 9.10. The molecule has 2 unspecified atom stereocenters. The van der Waals surface area contributed by atoms with Crippen LogP contribution in [0, 0.1) is 5.82 Å². The maximum absolute atomic E-state index is 13.5. The summed E-state index contributed by atoms with van der Waals surface area (Å²) >= 11 is 3.55. The molecular formula is C15H22BrFN2. The molecule has 0 bridgehead atoms. The van der Waals surface area contributed by atoms with E-state index in [1.165, 1.54) is 6.07 Å². The summed E-state index contributed by atoms with van der Waals surface area (Å²) < 4.78 is 14.5. The SMILES string of the molecule is CCC1CNC(C)(CC)CN1c1cc(F)ccc1Br. The minimum absolute atomic E-state index is 0.0947. The summed E-state index contributed by atoms with van der Waals surface area (Å²) in [6.45, 7) is 8.46. The van der Waals surface area contributed by atoms with Gasteiger partial charge in [0.25, 0.3) is 0 Å². The van der Waals surface area contributed by atoms with Crippen LogP contribution in [-0.2, 0) is 0 Å². The van der Waals surface area contributed by atoms with Crippen LogP contribution in [0.1, 0.15) is 33.6 Å². The normalized spacial score (nSPS) is 27.6. The van der Waals surface area contributed by atoms with E-state index in [9.17, 15) is 4.39 Å². The molecule has 106 valence electrons. The predicted molar refractivity (Wildman–Crippen MR) is 82.2 cm³/mol. The van der Waals surface area contributed by atoms with Gasteiger partial charge in [-0.1, -0.05) is 13.8 Å². The second kappa shape index (κ2) is 5.80. The molecule has 1 aliphatic heterocycles. The first-order chi connectivity index (χ1) is 8.99. The van der Waals surface area contributed by atoms with Crippen LogP contribution >= 0.6 is 15.9 Å². The molecule has 0 amide bonds. The van der Waals surface area contributed by atoms with Crippen molar-refractivity contribution in [2.45, 2.75) is 45.2 Å². The second-order valence-electron chi connectivity index (χ2n) is 5.58. The molecule has 1 aliphatic rings. The van der Waals surface area contributed by atoms with Gasteiger partial charge in [-0.2, -0.15) is 0 Å².